The lowest BCUT2D eigenvalue weighted by Crippen LogP contribution is -2.26. The average molecular weight is 178 g/mol. The van der Waals surface area contributed by atoms with E-state index in [1.165, 1.54) is 0 Å². The lowest BCUT2D eigenvalue weighted by Gasteiger charge is -2.19. The van der Waals surface area contributed by atoms with Crippen LogP contribution in [0.3, 0.4) is 0 Å². The Hall–Kier alpha value is -1.55. The zero-order valence-electron chi connectivity index (χ0n) is 7.04. The Labute approximate surface area is 75.7 Å². The quantitative estimate of drug-likeness (QED) is 0.657. The summed E-state index contributed by atoms with van der Waals surface area (Å²) < 4.78 is 5.27. The number of carbonyl (C=O) groups is 1. The first-order chi connectivity index (χ1) is 6.31. The normalized spacial score (nSPS) is 14.4. The Morgan fingerprint density at radius 2 is 2.38 bits per heavy atom. The van der Waals surface area contributed by atoms with Crippen molar-refractivity contribution >= 4 is 11.6 Å². The van der Waals surface area contributed by atoms with Crippen LogP contribution in [0.2, 0.25) is 0 Å². The molecular formula is C9H10N2O2. The third-order valence-corrected chi connectivity index (χ3v) is 1.94. The third kappa shape index (κ3) is 1.36. The second-order valence-corrected chi connectivity index (χ2v) is 2.83. The van der Waals surface area contributed by atoms with Gasteiger partial charge in [-0.2, -0.15) is 0 Å². The second-order valence-electron chi connectivity index (χ2n) is 2.83. The number of hydrogen-bond donors (Lipinski definition) is 2. The van der Waals surface area contributed by atoms with Crippen molar-refractivity contribution in [2.45, 2.75) is 6.54 Å². The molecule has 1 amide bonds. The van der Waals surface area contributed by atoms with Gasteiger partial charge in [-0.3, -0.25) is 4.79 Å². The molecule has 1 aromatic rings. The van der Waals surface area contributed by atoms with Crippen molar-refractivity contribution in [2.24, 2.45) is 5.73 Å². The summed E-state index contributed by atoms with van der Waals surface area (Å²) in [6.07, 6.45) is 0. The number of benzene rings is 1. The van der Waals surface area contributed by atoms with Crippen LogP contribution < -0.4 is 15.8 Å². The number of ether oxygens (including phenoxy) is 1. The van der Waals surface area contributed by atoms with Gasteiger partial charge in [-0.15, -0.1) is 0 Å². The number of anilines is 1. The van der Waals surface area contributed by atoms with Crippen LogP contribution >= 0.6 is 0 Å². The van der Waals surface area contributed by atoms with E-state index in [2.05, 4.69) is 5.32 Å². The van der Waals surface area contributed by atoms with Crippen molar-refractivity contribution in [1.82, 2.24) is 0 Å². The topological polar surface area (TPSA) is 64.3 Å². The summed E-state index contributed by atoms with van der Waals surface area (Å²) in [5.41, 5.74) is 7.14. The molecule has 0 unspecified atom stereocenters. The van der Waals surface area contributed by atoms with Crippen LogP contribution in [0.5, 0.6) is 5.75 Å². The molecule has 0 aliphatic carbocycles. The first-order valence-corrected chi connectivity index (χ1v) is 4.06. The summed E-state index contributed by atoms with van der Waals surface area (Å²) in [5.74, 6) is 0.575. The van der Waals surface area contributed by atoms with Gasteiger partial charge in [0.2, 0.25) is 0 Å². The van der Waals surface area contributed by atoms with Gasteiger partial charge in [0, 0.05) is 12.1 Å². The van der Waals surface area contributed by atoms with E-state index >= 15 is 0 Å². The lowest BCUT2D eigenvalue weighted by molar-refractivity contribution is -0.118. The maximum Gasteiger partial charge on any atom is 0.262 e. The number of hydrogen-bond acceptors (Lipinski definition) is 3. The van der Waals surface area contributed by atoms with Crippen molar-refractivity contribution in [3.8, 4) is 5.75 Å². The minimum atomic E-state index is -0.123. The molecule has 13 heavy (non-hydrogen) atoms. The van der Waals surface area contributed by atoms with Crippen molar-refractivity contribution in [3.05, 3.63) is 23.8 Å². The minimum absolute atomic E-state index is 0.0734. The van der Waals surface area contributed by atoms with Crippen molar-refractivity contribution in [3.63, 3.8) is 0 Å². The van der Waals surface area contributed by atoms with E-state index in [0.717, 1.165) is 5.56 Å². The minimum Gasteiger partial charge on any atom is -0.481 e. The molecule has 0 bridgehead atoms. The van der Waals surface area contributed by atoms with Crippen LogP contribution in [0.25, 0.3) is 0 Å². The fraction of sp³-hybridized carbons (Fsp3) is 0.222. The molecule has 2 rings (SSSR count). The molecule has 0 fully saturated rings. The monoisotopic (exact) mass is 178 g/mol. The van der Waals surface area contributed by atoms with E-state index < -0.39 is 0 Å². The zero-order chi connectivity index (χ0) is 9.26. The summed E-state index contributed by atoms with van der Waals surface area (Å²) >= 11 is 0. The predicted molar refractivity (Wildman–Crippen MR) is 48.5 cm³/mol. The number of amides is 1. The first-order valence-electron chi connectivity index (χ1n) is 4.06. The van der Waals surface area contributed by atoms with Crippen LogP contribution in [-0.4, -0.2) is 12.5 Å². The second kappa shape index (κ2) is 3.06. The molecule has 1 aliphatic rings. The maximum atomic E-state index is 11.0. The Kier molecular flexibility index (Phi) is 1.90. The molecule has 0 saturated heterocycles. The van der Waals surface area contributed by atoms with Crippen LogP contribution in [0, 0.1) is 0 Å². The third-order valence-electron chi connectivity index (χ3n) is 1.94. The Morgan fingerprint density at radius 1 is 1.54 bits per heavy atom. The van der Waals surface area contributed by atoms with Gasteiger partial charge >= 0.3 is 0 Å². The lowest BCUT2D eigenvalue weighted by atomic mass is 10.1. The molecule has 1 aliphatic heterocycles. The zero-order valence-corrected chi connectivity index (χ0v) is 7.04. The number of carbonyl (C=O) groups excluding carboxylic acids is 1. The molecule has 4 nitrogen and oxygen atoms in total. The molecule has 68 valence electrons. The van der Waals surface area contributed by atoms with E-state index in [1.807, 2.05) is 12.1 Å². The van der Waals surface area contributed by atoms with Gasteiger partial charge in [-0.25, -0.2) is 0 Å². The summed E-state index contributed by atoms with van der Waals surface area (Å²) in [4.78, 5) is 11.0. The van der Waals surface area contributed by atoms with Crippen molar-refractivity contribution in [2.75, 3.05) is 11.9 Å². The largest absolute Gasteiger partial charge is 0.481 e. The number of nitrogens with two attached hydrogens (primary N) is 1. The van der Waals surface area contributed by atoms with Crippen LogP contribution in [-0.2, 0) is 11.3 Å². The van der Waals surface area contributed by atoms with Crippen LogP contribution in [0.15, 0.2) is 18.2 Å². The first kappa shape index (κ1) is 8.07. The molecular weight excluding hydrogens is 168 g/mol. The van der Waals surface area contributed by atoms with Gasteiger partial charge in [-0.1, -0.05) is 12.1 Å². The van der Waals surface area contributed by atoms with Crippen LogP contribution in [0.4, 0.5) is 5.69 Å². The average Bonchev–Trinajstić information content (AvgIpc) is 2.16. The molecule has 0 aromatic heterocycles. The van der Waals surface area contributed by atoms with E-state index in [9.17, 15) is 4.79 Å². The van der Waals surface area contributed by atoms with Gasteiger partial charge in [0.1, 0.15) is 5.75 Å². The SMILES string of the molecule is NCc1cccc2c1OCC(=O)N2. The summed E-state index contributed by atoms with van der Waals surface area (Å²) in [7, 11) is 0. The van der Waals surface area contributed by atoms with Gasteiger partial charge in [0.15, 0.2) is 6.61 Å². The molecule has 0 atom stereocenters. The molecule has 4 heteroatoms. The fourth-order valence-electron chi connectivity index (χ4n) is 1.34. The van der Waals surface area contributed by atoms with Gasteiger partial charge in [-0.05, 0) is 6.07 Å². The summed E-state index contributed by atoms with van der Waals surface area (Å²) in [6, 6.07) is 5.53. The van der Waals surface area contributed by atoms with Gasteiger partial charge in [0.25, 0.3) is 5.91 Å². The Bertz CT molecular complexity index is 349. The van der Waals surface area contributed by atoms with E-state index in [4.69, 9.17) is 10.5 Å². The Balaban J connectivity index is 2.45. The van der Waals surface area contributed by atoms with E-state index in [1.54, 1.807) is 6.07 Å². The highest BCUT2D eigenvalue weighted by atomic mass is 16.5. The maximum absolute atomic E-state index is 11.0. The molecule has 1 heterocycles. The molecule has 3 N–H and O–H groups in total. The smallest absolute Gasteiger partial charge is 0.262 e. The summed E-state index contributed by atoms with van der Waals surface area (Å²) in [6.45, 7) is 0.489. The number of rotatable bonds is 1. The van der Waals surface area contributed by atoms with Gasteiger partial charge in [0.05, 0.1) is 5.69 Å². The number of nitrogens with one attached hydrogen (secondary N) is 1. The van der Waals surface area contributed by atoms with Crippen molar-refractivity contribution in [1.29, 1.82) is 0 Å². The highest BCUT2D eigenvalue weighted by Gasteiger charge is 2.17. The predicted octanol–water partition coefficient (Wildman–Crippen LogP) is 0.476. The molecule has 1 aromatic carbocycles. The Morgan fingerprint density at radius 3 is 3.15 bits per heavy atom. The number of para-hydroxylation sites is 1. The standard InChI is InChI=1S/C9H10N2O2/c10-4-6-2-1-3-7-9(6)13-5-8(12)11-7/h1-3H,4-5,10H2,(H,11,12). The van der Waals surface area contributed by atoms with E-state index in [0.29, 0.717) is 18.0 Å². The number of fused-ring (bicyclic) bond motifs is 1. The molecule has 0 saturated carbocycles. The van der Waals surface area contributed by atoms with Crippen molar-refractivity contribution < 1.29 is 9.53 Å². The van der Waals surface area contributed by atoms with E-state index in [-0.39, 0.29) is 12.5 Å². The summed E-state index contributed by atoms with van der Waals surface area (Å²) in [5, 5.41) is 2.72. The highest BCUT2D eigenvalue weighted by molar-refractivity contribution is 5.95. The highest BCUT2D eigenvalue weighted by Crippen LogP contribution is 2.30. The fourth-order valence-corrected chi connectivity index (χ4v) is 1.34. The van der Waals surface area contributed by atoms with Gasteiger partial charge < -0.3 is 15.8 Å². The van der Waals surface area contributed by atoms with Crippen LogP contribution in [0.1, 0.15) is 5.56 Å². The molecule has 0 radical (unpaired) electrons. The molecule has 0 spiro atoms.